The zero-order valence-electron chi connectivity index (χ0n) is 12.1. The van der Waals surface area contributed by atoms with Gasteiger partial charge in [-0.3, -0.25) is 9.48 Å². The maximum Gasteiger partial charge on any atom is 0.271 e. The molecule has 8 heteroatoms. The van der Waals surface area contributed by atoms with E-state index in [-0.39, 0.29) is 11.7 Å². The van der Waals surface area contributed by atoms with E-state index in [2.05, 4.69) is 10.3 Å². The van der Waals surface area contributed by atoms with E-state index >= 15 is 0 Å². The molecule has 4 rings (SSSR count). The highest BCUT2D eigenvalue weighted by Gasteiger charge is 2.26. The highest BCUT2D eigenvalue weighted by atomic mass is 32.1. The minimum atomic E-state index is -0.622. The van der Waals surface area contributed by atoms with Crippen LogP contribution in [0.1, 0.15) is 23.0 Å². The van der Waals surface area contributed by atoms with Crippen LogP contribution in [0.15, 0.2) is 34.4 Å². The fourth-order valence-electron chi connectivity index (χ4n) is 2.70. The van der Waals surface area contributed by atoms with E-state index < -0.39 is 5.91 Å². The molecule has 7 nitrogen and oxygen atoms in total. The van der Waals surface area contributed by atoms with E-state index in [0.29, 0.717) is 17.9 Å². The van der Waals surface area contributed by atoms with Crippen molar-refractivity contribution in [2.24, 2.45) is 5.73 Å². The number of amides is 1. The molecule has 0 spiro atoms. The standard InChI is InChI=1S/C15H14N4O3S/c16-15(20)13-12(14(22-18-13)11-2-1-5-23-11)9-6-17-19(7-9)10-3-4-21-8-10/h1-2,5-7,10H,3-4,8H2,(H2,16,20). The SMILES string of the molecule is NC(=O)c1noc(-c2cccs2)c1-c1cnn(C2CCOC2)c1. The number of thiophene rings is 1. The Morgan fingerprint density at radius 1 is 1.48 bits per heavy atom. The summed E-state index contributed by atoms with van der Waals surface area (Å²) in [4.78, 5) is 12.6. The third-order valence-electron chi connectivity index (χ3n) is 3.84. The summed E-state index contributed by atoms with van der Waals surface area (Å²) in [6, 6.07) is 4.04. The molecule has 2 N–H and O–H groups in total. The summed E-state index contributed by atoms with van der Waals surface area (Å²) < 4.78 is 12.6. The van der Waals surface area contributed by atoms with Crippen molar-refractivity contribution in [3.63, 3.8) is 0 Å². The molecule has 4 heterocycles. The van der Waals surface area contributed by atoms with Gasteiger partial charge in [0.15, 0.2) is 11.5 Å². The van der Waals surface area contributed by atoms with Gasteiger partial charge in [-0.25, -0.2) is 0 Å². The summed E-state index contributed by atoms with van der Waals surface area (Å²) >= 11 is 1.51. The van der Waals surface area contributed by atoms with E-state index in [0.717, 1.165) is 23.5 Å². The van der Waals surface area contributed by atoms with Crippen LogP contribution in [-0.2, 0) is 4.74 Å². The molecular formula is C15H14N4O3S. The average molecular weight is 330 g/mol. The Kier molecular flexibility index (Phi) is 3.47. The van der Waals surface area contributed by atoms with Gasteiger partial charge in [-0.15, -0.1) is 11.3 Å². The van der Waals surface area contributed by atoms with Crippen molar-refractivity contribution >= 4 is 17.2 Å². The van der Waals surface area contributed by atoms with Crippen LogP contribution in [0.5, 0.6) is 0 Å². The number of carbonyl (C=O) groups excluding carboxylic acids is 1. The molecule has 0 bridgehead atoms. The highest BCUT2D eigenvalue weighted by Crippen LogP contribution is 2.37. The number of carbonyl (C=O) groups is 1. The lowest BCUT2D eigenvalue weighted by Crippen LogP contribution is -2.12. The van der Waals surface area contributed by atoms with Crippen molar-refractivity contribution < 1.29 is 14.1 Å². The second-order valence-corrected chi connectivity index (χ2v) is 6.25. The Hall–Kier alpha value is -2.45. The zero-order valence-corrected chi connectivity index (χ0v) is 13.0. The van der Waals surface area contributed by atoms with Crippen LogP contribution < -0.4 is 5.73 Å². The van der Waals surface area contributed by atoms with Gasteiger partial charge in [0.25, 0.3) is 5.91 Å². The predicted octanol–water partition coefficient (Wildman–Crippen LogP) is 2.33. The number of hydrogen-bond donors (Lipinski definition) is 1. The molecule has 1 unspecified atom stereocenters. The third-order valence-corrected chi connectivity index (χ3v) is 4.71. The summed E-state index contributed by atoms with van der Waals surface area (Å²) in [6.45, 7) is 1.38. The van der Waals surface area contributed by atoms with Gasteiger partial charge < -0.3 is 15.0 Å². The second-order valence-electron chi connectivity index (χ2n) is 5.30. The van der Waals surface area contributed by atoms with Crippen molar-refractivity contribution in [3.8, 4) is 21.8 Å². The highest BCUT2D eigenvalue weighted by molar-refractivity contribution is 7.13. The Morgan fingerprint density at radius 2 is 2.39 bits per heavy atom. The number of aromatic nitrogens is 3. The quantitative estimate of drug-likeness (QED) is 0.792. The molecule has 1 saturated heterocycles. The molecule has 23 heavy (non-hydrogen) atoms. The molecule has 0 aliphatic carbocycles. The first-order valence-electron chi connectivity index (χ1n) is 7.19. The van der Waals surface area contributed by atoms with Crippen molar-refractivity contribution in [2.75, 3.05) is 13.2 Å². The van der Waals surface area contributed by atoms with Crippen molar-refractivity contribution in [2.45, 2.75) is 12.5 Å². The van der Waals surface area contributed by atoms with Gasteiger partial charge in [-0.05, 0) is 17.9 Å². The molecule has 1 aliphatic rings. The molecule has 3 aromatic rings. The van der Waals surface area contributed by atoms with Gasteiger partial charge in [0.05, 0.1) is 29.3 Å². The molecule has 1 fully saturated rings. The second kappa shape index (κ2) is 5.64. The third kappa shape index (κ3) is 2.45. The van der Waals surface area contributed by atoms with Crippen LogP contribution in [0.25, 0.3) is 21.8 Å². The first-order valence-corrected chi connectivity index (χ1v) is 8.07. The van der Waals surface area contributed by atoms with Gasteiger partial charge >= 0.3 is 0 Å². The first-order chi connectivity index (χ1) is 11.2. The lowest BCUT2D eigenvalue weighted by Gasteiger charge is -2.06. The number of rotatable bonds is 4. The number of hydrogen-bond acceptors (Lipinski definition) is 6. The molecule has 3 aromatic heterocycles. The van der Waals surface area contributed by atoms with E-state index in [1.54, 1.807) is 6.20 Å². The number of primary amides is 1. The molecule has 118 valence electrons. The summed E-state index contributed by atoms with van der Waals surface area (Å²) in [5, 5.41) is 10.2. The summed E-state index contributed by atoms with van der Waals surface area (Å²) in [5.41, 5.74) is 6.91. The summed E-state index contributed by atoms with van der Waals surface area (Å²) in [7, 11) is 0. The van der Waals surface area contributed by atoms with Gasteiger partial charge in [-0.2, -0.15) is 5.10 Å². The van der Waals surface area contributed by atoms with Crippen LogP contribution in [0.3, 0.4) is 0 Å². The number of ether oxygens (including phenoxy) is 1. The van der Waals surface area contributed by atoms with Gasteiger partial charge in [0, 0.05) is 18.4 Å². The van der Waals surface area contributed by atoms with Crippen molar-refractivity contribution in [1.29, 1.82) is 0 Å². The van der Waals surface area contributed by atoms with E-state index in [1.165, 1.54) is 11.3 Å². The van der Waals surface area contributed by atoms with Crippen LogP contribution in [-0.4, -0.2) is 34.1 Å². The number of nitrogens with zero attached hydrogens (tertiary/aromatic N) is 3. The van der Waals surface area contributed by atoms with Gasteiger partial charge in [0.2, 0.25) is 0 Å². The van der Waals surface area contributed by atoms with Crippen LogP contribution in [0.2, 0.25) is 0 Å². The van der Waals surface area contributed by atoms with Crippen molar-refractivity contribution in [1.82, 2.24) is 14.9 Å². The Balaban J connectivity index is 1.81. The van der Waals surface area contributed by atoms with Gasteiger partial charge in [0.1, 0.15) is 0 Å². The van der Waals surface area contributed by atoms with Crippen LogP contribution in [0.4, 0.5) is 0 Å². The molecule has 1 atom stereocenters. The minimum absolute atomic E-state index is 0.121. The van der Waals surface area contributed by atoms with Crippen molar-refractivity contribution in [3.05, 3.63) is 35.6 Å². The maximum absolute atomic E-state index is 11.7. The normalized spacial score (nSPS) is 17.7. The van der Waals surface area contributed by atoms with E-state index in [4.69, 9.17) is 15.0 Å². The zero-order chi connectivity index (χ0) is 15.8. The Bertz CT molecular complexity index is 831. The monoisotopic (exact) mass is 330 g/mol. The van der Waals surface area contributed by atoms with E-state index in [1.807, 2.05) is 28.4 Å². The molecule has 0 radical (unpaired) electrons. The van der Waals surface area contributed by atoms with Crippen LogP contribution >= 0.6 is 11.3 Å². The van der Waals surface area contributed by atoms with Gasteiger partial charge in [-0.1, -0.05) is 11.2 Å². The van der Waals surface area contributed by atoms with E-state index in [9.17, 15) is 4.79 Å². The fraction of sp³-hybridized carbons (Fsp3) is 0.267. The Morgan fingerprint density at radius 3 is 3.09 bits per heavy atom. The van der Waals surface area contributed by atoms with Crippen LogP contribution in [0, 0.1) is 0 Å². The Labute approximate surface area is 135 Å². The fourth-order valence-corrected chi connectivity index (χ4v) is 3.41. The number of nitrogens with two attached hydrogens (primary N) is 1. The maximum atomic E-state index is 11.7. The topological polar surface area (TPSA) is 96.2 Å². The summed E-state index contributed by atoms with van der Waals surface area (Å²) in [6.07, 6.45) is 4.51. The molecule has 1 aliphatic heterocycles. The lowest BCUT2D eigenvalue weighted by molar-refractivity contribution is 0.0992. The molecular weight excluding hydrogens is 316 g/mol. The summed E-state index contributed by atoms with van der Waals surface area (Å²) in [5.74, 6) is -0.0838. The predicted molar refractivity (Wildman–Crippen MR) is 84.0 cm³/mol. The molecule has 1 amide bonds. The molecule has 0 saturated carbocycles. The lowest BCUT2D eigenvalue weighted by atomic mass is 10.1. The first kappa shape index (κ1) is 14.2. The largest absolute Gasteiger partial charge is 0.379 e. The smallest absolute Gasteiger partial charge is 0.271 e. The average Bonchev–Trinajstić information content (AvgIpc) is 3.32. The minimum Gasteiger partial charge on any atom is -0.379 e. The molecule has 0 aromatic carbocycles.